The fraction of sp³-hybridized carbons (Fsp3) is 0.571. The number of nitrogens with two attached hydrogens (primary N) is 1. The number of fused-ring (bicyclic) bond motifs is 2. The molecule has 3 N–H and O–H groups in total. The molecule has 4 unspecified atom stereocenters. The highest BCUT2D eigenvalue weighted by Gasteiger charge is 2.48. The number of hydrogen-bond donors (Lipinski definition) is 2. The molecule has 27 heavy (non-hydrogen) atoms. The summed E-state index contributed by atoms with van der Waals surface area (Å²) in [7, 11) is -3.49. The van der Waals surface area contributed by atoms with Crippen LogP contribution in [0.3, 0.4) is 0 Å². The van der Waals surface area contributed by atoms with Gasteiger partial charge in [0.1, 0.15) is 0 Å². The molecule has 2 bridgehead atoms. The Bertz CT molecular complexity index is 786. The van der Waals surface area contributed by atoms with Crippen molar-refractivity contribution in [3.63, 3.8) is 0 Å². The number of allylic oxidation sites excluding steroid dienone is 2. The lowest BCUT2D eigenvalue weighted by molar-refractivity contribution is -0.118. The summed E-state index contributed by atoms with van der Waals surface area (Å²) in [6, 6.07) is 7.05. The first kappa shape index (κ1) is 20.1. The van der Waals surface area contributed by atoms with Gasteiger partial charge in [0.25, 0.3) is 0 Å². The van der Waals surface area contributed by atoms with E-state index in [9.17, 15) is 13.2 Å². The average molecular weight is 391 g/mol. The molecule has 2 aliphatic carbocycles. The zero-order valence-electron chi connectivity index (χ0n) is 15.9. The molecule has 2 fully saturated rings. The monoisotopic (exact) mass is 390 g/mol. The van der Waals surface area contributed by atoms with Gasteiger partial charge in [-0.25, -0.2) is 13.1 Å². The van der Waals surface area contributed by atoms with Crippen molar-refractivity contribution in [3.8, 4) is 0 Å². The van der Waals surface area contributed by atoms with Gasteiger partial charge in [0.05, 0.1) is 4.90 Å². The number of sulfonamides is 1. The first-order valence-corrected chi connectivity index (χ1v) is 11.4. The van der Waals surface area contributed by atoms with Crippen molar-refractivity contribution >= 4 is 15.9 Å². The summed E-state index contributed by atoms with van der Waals surface area (Å²) in [4.78, 5) is 11.1. The van der Waals surface area contributed by atoms with Crippen molar-refractivity contribution in [2.24, 2.45) is 23.5 Å². The Kier molecular flexibility index (Phi) is 6.37. The number of amides is 1. The van der Waals surface area contributed by atoms with E-state index in [-0.39, 0.29) is 11.9 Å². The number of benzene rings is 1. The topological polar surface area (TPSA) is 89.3 Å². The predicted molar refractivity (Wildman–Crippen MR) is 106 cm³/mol. The largest absolute Gasteiger partial charge is 0.370 e. The maximum atomic E-state index is 12.8. The van der Waals surface area contributed by atoms with Crippen molar-refractivity contribution < 1.29 is 13.2 Å². The second-order valence-electron chi connectivity index (χ2n) is 8.02. The third-order valence-corrected chi connectivity index (χ3v) is 7.56. The molecule has 5 nitrogen and oxygen atoms in total. The van der Waals surface area contributed by atoms with Crippen LogP contribution in [-0.4, -0.2) is 20.4 Å². The molecule has 0 radical (unpaired) electrons. The van der Waals surface area contributed by atoms with Gasteiger partial charge in [-0.3, -0.25) is 4.79 Å². The highest BCUT2D eigenvalue weighted by Crippen LogP contribution is 2.50. The molecule has 0 saturated heterocycles. The van der Waals surface area contributed by atoms with E-state index in [2.05, 4.69) is 16.9 Å². The first-order valence-electron chi connectivity index (χ1n) is 9.89. The minimum absolute atomic E-state index is 0.0188. The smallest absolute Gasteiger partial charge is 0.240 e. The van der Waals surface area contributed by atoms with Crippen molar-refractivity contribution in [2.45, 2.75) is 62.8 Å². The highest BCUT2D eigenvalue weighted by molar-refractivity contribution is 7.89. The standard InChI is InChI=1S/C21H30N2O3S/c1-15-8-12-18(13-9-15)27(25,26)23-21-17-11-10-16(14-17)19(21)6-4-2-3-5-7-20(22)24/h2,4,8-9,12-13,16-17,19,21,23H,3,5-7,10-11,14H2,1H3,(H2,22,24). The van der Waals surface area contributed by atoms with Gasteiger partial charge in [0, 0.05) is 12.5 Å². The average Bonchev–Trinajstić information content (AvgIpc) is 3.20. The summed E-state index contributed by atoms with van der Waals surface area (Å²) in [5.41, 5.74) is 6.20. The number of primary amides is 1. The lowest BCUT2D eigenvalue weighted by Crippen LogP contribution is -2.43. The number of hydrogen-bond acceptors (Lipinski definition) is 3. The molecule has 3 rings (SSSR count). The normalized spacial score (nSPS) is 27.4. The Hall–Kier alpha value is -1.66. The molecular weight excluding hydrogens is 360 g/mol. The number of nitrogens with one attached hydrogen (secondary N) is 1. The Morgan fingerprint density at radius 1 is 1.19 bits per heavy atom. The molecule has 2 aliphatic rings. The van der Waals surface area contributed by atoms with E-state index >= 15 is 0 Å². The second kappa shape index (κ2) is 8.57. The van der Waals surface area contributed by atoms with Crippen LogP contribution in [0.4, 0.5) is 0 Å². The van der Waals surface area contributed by atoms with E-state index in [4.69, 9.17) is 5.73 Å². The van der Waals surface area contributed by atoms with Gasteiger partial charge in [-0.2, -0.15) is 0 Å². The lowest BCUT2D eigenvalue weighted by Gasteiger charge is -2.31. The molecule has 6 heteroatoms. The summed E-state index contributed by atoms with van der Waals surface area (Å²) in [5, 5.41) is 0. The van der Waals surface area contributed by atoms with Gasteiger partial charge >= 0.3 is 0 Å². The van der Waals surface area contributed by atoms with E-state index in [0.29, 0.717) is 29.1 Å². The molecule has 1 aromatic carbocycles. The van der Waals surface area contributed by atoms with Gasteiger partial charge in [0.2, 0.25) is 15.9 Å². The maximum Gasteiger partial charge on any atom is 0.240 e. The van der Waals surface area contributed by atoms with Crippen molar-refractivity contribution in [1.29, 1.82) is 0 Å². The molecule has 4 atom stereocenters. The molecule has 0 aliphatic heterocycles. The zero-order chi connectivity index (χ0) is 19.4. The molecule has 1 amide bonds. The van der Waals surface area contributed by atoms with E-state index in [0.717, 1.165) is 37.7 Å². The Morgan fingerprint density at radius 3 is 2.59 bits per heavy atom. The molecule has 0 heterocycles. The van der Waals surface area contributed by atoms with Gasteiger partial charge in [-0.15, -0.1) is 0 Å². The number of unbranched alkanes of at least 4 members (excludes halogenated alkanes) is 1. The minimum Gasteiger partial charge on any atom is -0.370 e. The SMILES string of the molecule is Cc1ccc(S(=O)(=O)NC2C3CCC(C3)C2CC=CCCCC(N)=O)cc1. The molecule has 148 valence electrons. The quantitative estimate of drug-likeness (QED) is 0.501. The van der Waals surface area contributed by atoms with Crippen molar-refractivity contribution in [3.05, 3.63) is 42.0 Å². The Labute approximate surface area is 162 Å². The van der Waals surface area contributed by atoms with Crippen LogP contribution in [0.15, 0.2) is 41.3 Å². The van der Waals surface area contributed by atoms with Gasteiger partial charge in [0.15, 0.2) is 0 Å². The van der Waals surface area contributed by atoms with Crippen molar-refractivity contribution in [2.75, 3.05) is 0 Å². The predicted octanol–water partition coefficient (Wildman–Crippen LogP) is 3.29. The first-order chi connectivity index (χ1) is 12.9. The van der Waals surface area contributed by atoms with Crippen LogP contribution in [0.2, 0.25) is 0 Å². The maximum absolute atomic E-state index is 12.8. The number of rotatable bonds is 9. The number of carbonyl (C=O) groups excluding carboxylic acids is 1. The minimum atomic E-state index is -3.49. The van der Waals surface area contributed by atoms with E-state index in [1.165, 1.54) is 6.42 Å². The molecule has 2 saturated carbocycles. The van der Waals surface area contributed by atoms with Crippen molar-refractivity contribution in [1.82, 2.24) is 4.72 Å². The van der Waals surface area contributed by atoms with Crippen LogP contribution < -0.4 is 10.5 Å². The van der Waals surface area contributed by atoms with E-state index < -0.39 is 10.0 Å². The number of carbonyl (C=O) groups is 1. The van der Waals surface area contributed by atoms with Crippen LogP contribution in [-0.2, 0) is 14.8 Å². The second-order valence-corrected chi connectivity index (χ2v) is 9.74. The summed E-state index contributed by atoms with van der Waals surface area (Å²) >= 11 is 0. The van der Waals surface area contributed by atoms with Gasteiger partial charge < -0.3 is 5.73 Å². The molecular formula is C21H30N2O3S. The Morgan fingerprint density at radius 2 is 1.89 bits per heavy atom. The fourth-order valence-electron chi connectivity index (χ4n) is 4.66. The fourth-order valence-corrected chi connectivity index (χ4v) is 6.02. The van der Waals surface area contributed by atoms with Crippen LogP contribution in [0.5, 0.6) is 0 Å². The van der Waals surface area contributed by atoms with E-state index in [1.54, 1.807) is 12.1 Å². The van der Waals surface area contributed by atoms with Gasteiger partial charge in [-0.1, -0.05) is 29.8 Å². The Balaban J connectivity index is 1.62. The molecule has 0 spiro atoms. The summed E-state index contributed by atoms with van der Waals surface area (Å²) in [6.07, 6.45) is 10.6. The summed E-state index contributed by atoms with van der Waals surface area (Å²) in [6.45, 7) is 1.95. The third-order valence-electron chi connectivity index (χ3n) is 6.08. The van der Waals surface area contributed by atoms with Gasteiger partial charge in [-0.05, 0) is 75.3 Å². The zero-order valence-corrected chi connectivity index (χ0v) is 16.8. The summed E-state index contributed by atoms with van der Waals surface area (Å²) < 4.78 is 28.7. The molecule has 0 aromatic heterocycles. The van der Waals surface area contributed by atoms with Crippen LogP contribution >= 0.6 is 0 Å². The van der Waals surface area contributed by atoms with Crippen LogP contribution in [0.25, 0.3) is 0 Å². The lowest BCUT2D eigenvalue weighted by atomic mass is 9.83. The molecule has 1 aromatic rings. The van der Waals surface area contributed by atoms with Crippen LogP contribution in [0, 0.1) is 24.7 Å². The van der Waals surface area contributed by atoms with Crippen LogP contribution in [0.1, 0.15) is 50.5 Å². The number of aryl methyl sites for hydroxylation is 1. The third kappa shape index (κ3) is 4.99. The highest BCUT2D eigenvalue weighted by atomic mass is 32.2. The summed E-state index contributed by atoms with van der Waals surface area (Å²) in [5.74, 6) is 1.15. The van der Waals surface area contributed by atoms with E-state index in [1.807, 2.05) is 19.1 Å².